The average Bonchev–Trinajstić information content (AvgIpc) is 2.64. The van der Waals surface area contributed by atoms with Gasteiger partial charge in [0.1, 0.15) is 19.0 Å². The number of amides is 1. The van der Waals surface area contributed by atoms with E-state index in [1.54, 1.807) is 0 Å². The number of hydrogen-bond acceptors (Lipinski definition) is 5. The Kier molecular flexibility index (Phi) is 5.74. The number of carbonyl (C=O) groups excluding carboxylic acids is 1. The molecule has 3 rings (SSSR count). The van der Waals surface area contributed by atoms with E-state index in [1.807, 2.05) is 63.2 Å². The lowest BCUT2D eigenvalue weighted by atomic mass is 10.1. The van der Waals surface area contributed by atoms with Crippen LogP contribution in [0.5, 0.6) is 17.2 Å². The molecule has 0 saturated carbocycles. The molecule has 2 N–H and O–H groups in total. The maximum Gasteiger partial charge on any atom is 0.258 e. The average molecular weight is 370 g/mol. The lowest BCUT2D eigenvalue weighted by Crippen LogP contribution is -2.43. The Balaban J connectivity index is 1.48. The number of benzene rings is 2. The summed E-state index contributed by atoms with van der Waals surface area (Å²) in [6.45, 7) is 7.66. The predicted molar refractivity (Wildman–Crippen MR) is 105 cm³/mol. The third-order valence-corrected chi connectivity index (χ3v) is 3.85. The lowest BCUT2D eigenvalue weighted by molar-refractivity contribution is -0.124. The van der Waals surface area contributed by atoms with Gasteiger partial charge in [-0.3, -0.25) is 4.79 Å². The van der Waals surface area contributed by atoms with Gasteiger partial charge < -0.3 is 24.8 Å². The summed E-state index contributed by atoms with van der Waals surface area (Å²) < 4.78 is 16.7. The number of rotatable bonds is 6. The normalized spacial score (nSPS) is 13.0. The van der Waals surface area contributed by atoms with Crippen LogP contribution in [0.4, 0.5) is 5.69 Å². The summed E-state index contributed by atoms with van der Waals surface area (Å²) in [5, 5.41) is 6.23. The van der Waals surface area contributed by atoms with Gasteiger partial charge in [0.05, 0.1) is 0 Å². The van der Waals surface area contributed by atoms with Crippen LogP contribution in [-0.4, -0.2) is 31.3 Å². The van der Waals surface area contributed by atoms with Crippen molar-refractivity contribution in [2.24, 2.45) is 0 Å². The summed E-state index contributed by atoms with van der Waals surface area (Å²) in [6, 6.07) is 13.5. The predicted octanol–water partition coefficient (Wildman–Crippen LogP) is 3.36. The van der Waals surface area contributed by atoms with E-state index >= 15 is 0 Å². The highest BCUT2D eigenvalue weighted by molar-refractivity contribution is 5.78. The fraction of sp³-hybridized carbons (Fsp3) is 0.381. The van der Waals surface area contributed by atoms with E-state index in [9.17, 15) is 4.79 Å². The van der Waals surface area contributed by atoms with E-state index in [1.165, 1.54) is 0 Å². The molecule has 1 amide bonds. The monoisotopic (exact) mass is 370 g/mol. The topological polar surface area (TPSA) is 68.8 Å². The van der Waals surface area contributed by atoms with Crippen LogP contribution in [0.2, 0.25) is 0 Å². The molecule has 0 atom stereocenters. The van der Waals surface area contributed by atoms with Gasteiger partial charge in [-0.1, -0.05) is 12.1 Å². The quantitative estimate of drug-likeness (QED) is 0.816. The molecular formula is C21H26N2O4. The van der Waals surface area contributed by atoms with Crippen LogP contribution in [0.25, 0.3) is 0 Å². The molecule has 0 unspecified atom stereocenters. The lowest BCUT2D eigenvalue weighted by Gasteiger charge is -2.20. The number of carbonyl (C=O) groups is 1. The van der Waals surface area contributed by atoms with Crippen molar-refractivity contribution in [3.05, 3.63) is 48.0 Å². The molecule has 2 aromatic rings. The highest BCUT2D eigenvalue weighted by Crippen LogP contribution is 2.32. The Hall–Kier alpha value is -2.89. The van der Waals surface area contributed by atoms with Gasteiger partial charge in [0, 0.05) is 23.8 Å². The second kappa shape index (κ2) is 8.20. The Labute approximate surface area is 159 Å². The first-order valence-electron chi connectivity index (χ1n) is 9.05. The van der Waals surface area contributed by atoms with E-state index in [0.717, 1.165) is 22.7 Å². The smallest absolute Gasteiger partial charge is 0.258 e. The van der Waals surface area contributed by atoms with Crippen molar-refractivity contribution in [2.75, 3.05) is 25.1 Å². The summed E-state index contributed by atoms with van der Waals surface area (Å²) in [5.74, 6) is 2.08. The maximum atomic E-state index is 11.8. The molecule has 6 nitrogen and oxygen atoms in total. The highest BCUT2D eigenvalue weighted by Gasteiger charge is 2.14. The van der Waals surface area contributed by atoms with E-state index in [-0.39, 0.29) is 18.1 Å². The molecule has 0 bridgehead atoms. The molecule has 0 spiro atoms. The van der Waals surface area contributed by atoms with Crippen LogP contribution >= 0.6 is 0 Å². The zero-order chi connectivity index (χ0) is 19.3. The molecule has 2 aromatic carbocycles. The summed E-state index contributed by atoms with van der Waals surface area (Å²) in [7, 11) is 0. The Bertz CT molecular complexity index is 782. The van der Waals surface area contributed by atoms with Crippen LogP contribution in [-0.2, 0) is 11.3 Å². The van der Waals surface area contributed by atoms with Crippen LogP contribution < -0.4 is 24.8 Å². The second-order valence-electron chi connectivity index (χ2n) is 7.44. The summed E-state index contributed by atoms with van der Waals surface area (Å²) >= 11 is 0. The first-order valence-corrected chi connectivity index (χ1v) is 9.05. The van der Waals surface area contributed by atoms with Gasteiger partial charge in [-0.25, -0.2) is 0 Å². The fourth-order valence-electron chi connectivity index (χ4n) is 2.66. The maximum absolute atomic E-state index is 11.8. The third kappa shape index (κ3) is 5.81. The van der Waals surface area contributed by atoms with Gasteiger partial charge in [-0.05, 0) is 50.6 Å². The molecule has 0 aliphatic carbocycles. The molecule has 1 aliphatic heterocycles. The van der Waals surface area contributed by atoms with Crippen LogP contribution in [0.3, 0.4) is 0 Å². The molecule has 0 aromatic heterocycles. The summed E-state index contributed by atoms with van der Waals surface area (Å²) in [6.07, 6.45) is 0. The van der Waals surface area contributed by atoms with Crippen molar-refractivity contribution in [1.29, 1.82) is 0 Å². The largest absolute Gasteiger partial charge is 0.486 e. The Morgan fingerprint density at radius 3 is 2.44 bits per heavy atom. The van der Waals surface area contributed by atoms with Gasteiger partial charge >= 0.3 is 0 Å². The van der Waals surface area contributed by atoms with Crippen molar-refractivity contribution < 1.29 is 19.0 Å². The van der Waals surface area contributed by atoms with Crippen LogP contribution in [0.15, 0.2) is 42.5 Å². The zero-order valence-electron chi connectivity index (χ0n) is 16.0. The first kappa shape index (κ1) is 18.9. The summed E-state index contributed by atoms with van der Waals surface area (Å²) in [5.41, 5.74) is 1.82. The molecule has 144 valence electrons. The SMILES string of the molecule is CC(C)(C)NC(=O)COc1ccc(CNc2ccc3c(c2)OCCO3)cc1. The van der Waals surface area contributed by atoms with Crippen molar-refractivity contribution >= 4 is 11.6 Å². The number of nitrogens with one attached hydrogen (secondary N) is 2. The molecule has 6 heteroatoms. The zero-order valence-corrected chi connectivity index (χ0v) is 16.0. The van der Waals surface area contributed by atoms with Gasteiger partial charge in [0.25, 0.3) is 5.91 Å². The van der Waals surface area contributed by atoms with E-state index in [0.29, 0.717) is 25.5 Å². The van der Waals surface area contributed by atoms with Crippen molar-refractivity contribution in [3.8, 4) is 17.2 Å². The standard InChI is InChI=1S/C21H26N2O4/c1-21(2,3)23-20(24)14-27-17-7-4-15(5-8-17)13-22-16-6-9-18-19(12-16)26-11-10-25-18/h4-9,12,22H,10-11,13-14H2,1-3H3,(H,23,24). The minimum atomic E-state index is -0.260. The van der Waals surface area contributed by atoms with Gasteiger partial charge in [-0.15, -0.1) is 0 Å². The molecule has 0 radical (unpaired) electrons. The van der Waals surface area contributed by atoms with E-state index in [4.69, 9.17) is 14.2 Å². The van der Waals surface area contributed by atoms with E-state index in [2.05, 4.69) is 10.6 Å². The molecule has 0 fully saturated rings. The summed E-state index contributed by atoms with van der Waals surface area (Å²) in [4.78, 5) is 11.8. The Morgan fingerprint density at radius 1 is 1.04 bits per heavy atom. The molecule has 27 heavy (non-hydrogen) atoms. The van der Waals surface area contributed by atoms with Crippen molar-refractivity contribution in [3.63, 3.8) is 0 Å². The minimum absolute atomic E-state index is 0.00602. The van der Waals surface area contributed by atoms with Crippen molar-refractivity contribution in [1.82, 2.24) is 5.32 Å². The number of ether oxygens (including phenoxy) is 3. The van der Waals surface area contributed by atoms with Gasteiger partial charge in [0.2, 0.25) is 0 Å². The minimum Gasteiger partial charge on any atom is -0.486 e. The highest BCUT2D eigenvalue weighted by atomic mass is 16.6. The van der Waals surface area contributed by atoms with E-state index < -0.39 is 0 Å². The number of fused-ring (bicyclic) bond motifs is 1. The fourth-order valence-corrected chi connectivity index (χ4v) is 2.66. The Morgan fingerprint density at radius 2 is 1.74 bits per heavy atom. The van der Waals surface area contributed by atoms with Gasteiger partial charge in [-0.2, -0.15) is 0 Å². The molecule has 0 saturated heterocycles. The second-order valence-corrected chi connectivity index (χ2v) is 7.44. The molecule has 1 heterocycles. The molecule has 1 aliphatic rings. The van der Waals surface area contributed by atoms with Crippen molar-refractivity contribution in [2.45, 2.75) is 32.9 Å². The number of anilines is 1. The number of hydrogen-bond donors (Lipinski definition) is 2. The van der Waals surface area contributed by atoms with Crippen LogP contribution in [0, 0.1) is 0 Å². The van der Waals surface area contributed by atoms with Gasteiger partial charge in [0.15, 0.2) is 18.1 Å². The third-order valence-electron chi connectivity index (χ3n) is 3.85. The first-order chi connectivity index (χ1) is 12.9. The van der Waals surface area contributed by atoms with Crippen LogP contribution in [0.1, 0.15) is 26.3 Å². The molecular weight excluding hydrogens is 344 g/mol.